The van der Waals surface area contributed by atoms with Crippen molar-refractivity contribution < 1.29 is 28.9 Å². The maximum Gasteiger partial charge on any atom is 0.341 e. The molecule has 2 aromatic heterocycles. The van der Waals surface area contributed by atoms with Crippen LogP contribution in [0.25, 0.3) is 21.9 Å². The smallest absolute Gasteiger partial charge is 0.341 e. The number of hydrogen-bond acceptors (Lipinski definition) is 8. The Balaban J connectivity index is 0.00000462. The number of carboxylic acid groups (broad SMARTS) is 1. The third kappa shape index (κ3) is 7.49. The van der Waals surface area contributed by atoms with Crippen molar-refractivity contribution in [1.29, 1.82) is 0 Å². The Morgan fingerprint density at radius 3 is 2.61 bits per heavy atom. The molecular weight excluding hydrogens is 573 g/mol. The largest absolute Gasteiger partial charge is 0.493 e. The summed E-state index contributed by atoms with van der Waals surface area (Å²) in [5.74, 6) is 0.382. The summed E-state index contributed by atoms with van der Waals surface area (Å²) in [5, 5.41) is 9.93. The topological polar surface area (TPSA) is 142 Å². The molecule has 0 saturated carbocycles. The number of imidazole rings is 1. The van der Waals surface area contributed by atoms with Gasteiger partial charge in [0, 0.05) is 38.6 Å². The molecule has 41 heavy (non-hydrogen) atoms. The Morgan fingerprint density at radius 1 is 1.12 bits per heavy atom. The van der Waals surface area contributed by atoms with E-state index in [0.717, 1.165) is 27.8 Å². The highest BCUT2D eigenvalue weighted by Gasteiger charge is 2.19. The fourth-order valence-corrected chi connectivity index (χ4v) is 4.79. The molecular formula is C28H33Cl2N5O6. The second-order valence-corrected chi connectivity index (χ2v) is 9.37. The van der Waals surface area contributed by atoms with Crippen molar-refractivity contribution in [3.8, 4) is 11.5 Å². The molecule has 0 aliphatic carbocycles. The molecule has 0 spiro atoms. The molecule has 1 amide bonds. The summed E-state index contributed by atoms with van der Waals surface area (Å²) >= 11 is 5.95. The van der Waals surface area contributed by atoms with Gasteiger partial charge >= 0.3 is 5.97 Å². The number of amides is 1. The summed E-state index contributed by atoms with van der Waals surface area (Å²) in [5.41, 5.74) is 9.37. The lowest BCUT2D eigenvalue weighted by atomic mass is 10.1. The monoisotopic (exact) mass is 605 g/mol. The van der Waals surface area contributed by atoms with Crippen molar-refractivity contribution in [1.82, 2.24) is 19.4 Å². The van der Waals surface area contributed by atoms with E-state index in [1.165, 1.54) is 7.11 Å². The van der Waals surface area contributed by atoms with Crippen LogP contribution >= 0.6 is 24.0 Å². The number of methoxy groups -OCH3 is 2. The second-order valence-electron chi connectivity index (χ2n) is 9.10. The zero-order valence-electron chi connectivity index (χ0n) is 22.8. The maximum atomic E-state index is 12.8. The lowest BCUT2D eigenvalue weighted by molar-refractivity contribution is -0.139. The Bertz CT molecular complexity index is 1510. The van der Waals surface area contributed by atoms with E-state index in [1.807, 2.05) is 24.3 Å². The number of aromatic nitrogens is 3. The summed E-state index contributed by atoms with van der Waals surface area (Å²) in [6, 6.07) is 12.9. The summed E-state index contributed by atoms with van der Waals surface area (Å²) in [6.45, 7) is 1.24. The van der Waals surface area contributed by atoms with Gasteiger partial charge in [-0.1, -0.05) is 24.3 Å². The number of carbonyl (C=O) groups is 2. The number of nitrogen functional groups attached to an aromatic ring is 1. The van der Waals surface area contributed by atoms with Crippen LogP contribution in [0.4, 0.5) is 5.82 Å². The van der Waals surface area contributed by atoms with Crippen LogP contribution in [0.3, 0.4) is 0 Å². The number of aliphatic carboxylic acids is 1. The van der Waals surface area contributed by atoms with Crippen molar-refractivity contribution in [2.45, 2.75) is 25.9 Å². The van der Waals surface area contributed by atoms with Crippen molar-refractivity contribution in [3.63, 3.8) is 0 Å². The minimum atomic E-state index is -1.10. The van der Waals surface area contributed by atoms with E-state index >= 15 is 0 Å². The number of alkyl halides is 1. The molecule has 2 heterocycles. The molecule has 4 rings (SSSR count). The highest BCUT2D eigenvalue weighted by Crippen LogP contribution is 2.30. The predicted molar refractivity (Wildman–Crippen MR) is 159 cm³/mol. The maximum absolute atomic E-state index is 12.8. The molecule has 0 unspecified atom stereocenters. The molecule has 0 fully saturated rings. The van der Waals surface area contributed by atoms with Crippen molar-refractivity contribution >= 4 is 63.6 Å². The summed E-state index contributed by atoms with van der Waals surface area (Å²) < 4.78 is 18.1. The van der Waals surface area contributed by atoms with Gasteiger partial charge < -0.3 is 34.5 Å². The fourth-order valence-electron chi connectivity index (χ4n) is 4.62. The quantitative estimate of drug-likeness (QED) is 0.204. The number of nitrogens with two attached hydrogens (primary N) is 1. The highest BCUT2D eigenvalue weighted by atomic mass is 35.5. The number of benzene rings is 2. The van der Waals surface area contributed by atoms with E-state index < -0.39 is 12.6 Å². The first kappa shape index (κ1) is 31.7. The van der Waals surface area contributed by atoms with Gasteiger partial charge in [-0.15, -0.1) is 24.0 Å². The number of hydrogen-bond donors (Lipinski definition) is 2. The number of carbonyl (C=O) groups excluding carboxylic acids is 1. The van der Waals surface area contributed by atoms with Gasteiger partial charge in [0.1, 0.15) is 17.2 Å². The Labute approximate surface area is 248 Å². The van der Waals surface area contributed by atoms with E-state index in [4.69, 9.17) is 41.6 Å². The Kier molecular flexibility index (Phi) is 11.4. The van der Waals surface area contributed by atoms with Crippen LogP contribution in [0.1, 0.15) is 17.8 Å². The minimum absolute atomic E-state index is 0. The number of anilines is 1. The third-order valence-corrected chi connectivity index (χ3v) is 6.68. The first-order valence-corrected chi connectivity index (χ1v) is 13.3. The lowest BCUT2D eigenvalue weighted by Crippen LogP contribution is -2.33. The van der Waals surface area contributed by atoms with Gasteiger partial charge in [-0.3, -0.25) is 4.79 Å². The fraction of sp³-hybridized carbons (Fsp3) is 0.357. The average Bonchev–Trinajstić information content (AvgIpc) is 3.33. The van der Waals surface area contributed by atoms with Crippen molar-refractivity contribution in [2.75, 3.05) is 45.6 Å². The van der Waals surface area contributed by atoms with Crippen molar-refractivity contribution in [2.24, 2.45) is 0 Å². The number of ether oxygens (including phenoxy) is 3. The summed E-state index contributed by atoms with van der Waals surface area (Å²) in [4.78, 5) is 34.7. The van der Waals surface area contributed by atoms with Crippen molar-refractivity contribution in [3.05, 3.63) is 53.9 Å². The molecule has 3 N–H and O–H groups in total. The van der Waals surface area contributed by atoms with Crippen LogP contribution in [0.2, 0.25) is 0 Å². The molecule has 0 aliphatic rings. The number of halogens is 2. The Morgan fingerprint density at radius 2 is 1.90 bits per heavy atom. The van der Waals surface area contributed by atoms with Crippen LogP contribution in [-0.2, 0) is 33.8 Å². The van der Waals surface area contributed by atoms with Crippen LogP contribution < -0.4 is 15.2 Å². The number of pyridine rings is 1. The molecule has 0 atom stereocenters. The van der Waals surface area contributed by atoms with E-state index in [2.05, 4.69) is 9.55 Å². The van der Waals surface area contributed by atoms with Gasteiger partial charge in [-0.2, -0.15) is 0 Å². The summed E-state index contributed by atoms with van der Waals surface area (Å²) in [7, 11) is 3.12. The van der Waals surface area contributed by atoms with Crippen LogP contribution in [0.5, 0.6) is 11.5 Å². The molecule has 0 saturated heterocycles. The molecule has 2 aromatic carbocycles. The standard InChI is InChI=1S/C28H32ClN5O6.ClH/c1-38-13-10-23-32-26-27(19-6-3-4-7-20(19)31-28(26)30)34(23)12-5-11-33(24(35)15-29)16-18-8-9-21(39-2)22(14-18)40-17-25(36)37;/h3-4,6-9,14H,5,10-13,15-17H2,1-2H3,(H2,30,31)(H,36,37);1H. The molecule has 0 aliphatic heterocycles. The third-order valence-electron chi connectivity index (χ3n) is 6.45. The molecule has 13 heteroatoms. The first-order chi connectivity index (χ1) is 19.4. The highest BCUT2D eigenvalue weighted by molar-refractivity contribution is 6.27. The number of nitrogens with zero attached hydrogens (tertiary/aromatic N) is 4. The molecule has 0 radical (unpaired) electrons. The number of carboxylic acids is 1. The second kappa shape index (κ2) is 14.7. The van der Waals surface area contributed by atoms with E-state index in [0.29, 0.717) is 49.6 Å². The molecule has 11 nitrogen and oxygen atoms in total. The number of para-hydroxylation sites is 1. The van der Waals surface area contributed by atoms with E-state index in [-0.39, 0.29) is 36.5 Å². The van der Waals surface area contributed by atoms with E-state index in [9.17, 15) is 9.59 Å². The van der Waals surface area contributed by atoms with Gasteiger partial charge in [0.15, 0.2) is 23.9 Å². The van der Waals surface area contributed by atoms with Crippen LogP contribution in [0, 0.1) is 0 Å². The number of rotatable bonds is 14. The SMILES string of the molecule is COCCc1nc2c(N)nc3ccccc3c2n1CCCN(Cc1ccc(OC)c(OCC(=O)O)c1)C(=O)CCl.Cl. The normalized spacial score (nSPS) is 10.9. The lowest BCUT2D eigenvalue weighted by Gasteiger charge is -2.23. The first-order valence-electron chi connectivity index (χ1n) is 12.7. The molecule has 220 valence electrons. The zero-order chi connectivity index (χ0) is 28.6. The predicted octanol–water partition coefficient (Wildman–Crippen LogP) is 3.91. The molecule has 0 bridgehead atoms. The van der Waals surface area contributed by atoms with Crippen LogP contribution in [0.15, 0.2) is 42.5 Å². The Hall–Kier alpha value is -3.80. The average molecular weight is 607 g/mol. The number of fused-ring (bicyclic) bond motifs is 3. The summed E-state index contributed by atoms with van der Waals surface area (Å²) in [6.07, 6.45) is 1.21. The van der Waals surface area contributed by atoms with Gasteiger partial charge in [-0.05, 0) is 30.2 Å². The molecule has 4 aromatic rings. The zero-order valence-corrected chi connectivity index (χ0v) is 24.4. The van der Waals surface area contributed by atoms with Gasteiger partial charge in [0.2, 0.25) is 5.91 Å². The van der Waals surface area contributed by atoms with Gasteiger partial charge in [-0.25, -0.2) is 14.8 Å². The van der Waals surface area contributed by atoms with Gasteiger partial charge in [0.05, 0.1) is 24.8 Å². The van der Waals surface area contributed by atoms with Crippen LogP contribution in [-0.4, -0.2) is 76.3 Å². The van der Waals surface area contributed by atoms with E-state index in [1.54, 1.807) is 30.2 Å². The minimum Gasteiger partial charge on any atom is -0.493 e. The number of aryl methyl sites for hydroxylation is 1. The van der Waals surface area contributed by atoms with Gasteiger partial charge in [0.25, 0.3) is 0 Å².